The summed E-state index contributed by atoms with van der Waals surface area (Å²) in [6.45, 7) is 6.63. The molecule has 0 saturated carbocycles. The molecule has 6 heteroatoms. The standard InChI is InChI=1S/C13H26N4O2/c1-9(2)11(12(14)15-19)13(18)17(4)8-10-5-6-16(3)7-10/h9-11,19H,5-8H2,1-4H3,(H2,14,15). The van der Waals surface area contributed by atoms with Crippen molar-refractivity contribution in [3.05, 3.63) is 0 Å². The van der Waals surface area contributed by atoms with Crippen LogP contribution in [0.5, 0.6) is 0 Å². The first-order valence-electron chi connectivity index (χ1n) is 6.77. The fourth-order valence-electron chi connectivity index (χ4n) is 2.71. The molecule has 0 aliphatic carbocycles. The van der Waals surface area contributed by atoms with E-state index in [1.807, 2.05) is 13.8 Å². The maximum Gasteiger partial charge on any atom is 0.233 e. The second-order valence-electron chi connectivity index (χ2n) is 5.88. The molecule has 1 heterocycles. The van der Waals surface area contributed by atoms with E-state index in [0.29, 0.717) is 5.92 Å². The lowest BCUT2D eigenvalue weighted by Gasteiger charge is -2.27. The Morgan fingerprint density at radius 2 is 2.21 bits per heavy atom. The lowest BCUT2D eigenvalue weighted by Crippen LogP contribution is -2.44. The largest absolute Gasteiger partial charge is 0.409 e. The first kappa shape index (κ1) is 15.8. The maximum atomic E-state index is 12.4. The van der Waals surface area contributed by atoms with E-state index in [4.69, 9.17) is 10.9 Å². The predicted molar refractivity (Wildman–Crippen MR) is 75.0 cm³/mol. The van der Waals surface area contributed by atoms with Gasteiger partial charge in [-0.3, -0.25) is 4.79 Å². The Kier molecular flexibility index (Phi) is 5.60. The Hall–Kier alpha value is -1.30. The average Bonchev–Trinajstić information content (AvgIpc) is 2.73. The van der Waals surface area contributed by atoms with Crippen molar-refractivity contribution in [1.82, 2.24) is 9.80 Å². The van der Waals surface area contributed by atoms with Crippen molar-refractivity contribution in [2.24, 2.45) is 28.6 Å². The number of likely N-dealkylation sites (tertiary alicyclic amines) is 1. The predicted octanol–water partition coefficient (Wildman–Crippen LogP) is 0.415. The lowest BCUT2D eigenvalue weighted by atomic mass is 9.93. The van der Waals surface area contributed by atoms with Gasteiger partial charge in [0.25, 0.3) is 0 Å². The van der Waals surface area contributed by atoms with Crippen LogP contribution in [0, 0.1) is 17.8 Å². The zero-order valence-corrected chi connectivity index (χ0v) is 12.3. The first-order chi connectivity index (χ1) is 8.86. The summed E-state index contributed by atoms with van der Waals surface area (Å²) < 4.78 is 0. The van der Waals surface area contributed by atoms with Gasteiger partial charge in [-0.25, -0.2) is 0 Å². The van der Waals surface area contributed by atoms with Crippen LogP contribution in [0.3, 0.4) is 0 Å². The minimum atomic E-state index is -0.547. The van der Waals surface area contributed by atoms with Crippen molar-refractivity contribution in [2.45, 2.75) is 20.3 Å². The minimum Gasteiger partial charge on any atom is -0.409 e. The molecule has 1 aliphatic heterocycles. The van der Waals surface area contributed by atoms with Crippen LogP contribution in [-0.4, -0.2) is 60.5 Å². The van der Waals surface area contributed by atoms with Gasteiger partial charge in [0.2, 0.25) is 5.91 Å². The SMILES string of the molecule is CC(C)C(C(=O)N(C)CC1CCN(C)C1)C(N)=NO. The van der Waals surface area contributed by atoms with E-state index in [0.717, 1.165) is 26.1 Å². The normalized spacial score (nSPS) is 22.8. The fourth-order valence-corrected chi connectivity index (χ4v) is 2.71. The van der Waals surface area contributed by atoms with Crippen LogP contribution in [-0.2, 0) is 4.79 Å². The van der Waals surface area contributed by atoms with Crippen LogP contribution >= 0.6 is 0 Å². The van der Waals surface area contributed by atoms with Crippen molar-refractivity contribution in [3.63, 3.8) is 0 Å². The summed E-state index contributed by atoms with van der Waals surface area (Å²) in [6.07, 6.45) is 1.12. The molecule has 0 aromatic heterocycles. The smallest absolute Gasteiger partial charge is 0.233 e. The van der Waals surface area contributed by atoms with Gasteiger partial charge in [0, 0.05) is 20.1 Å². The summed E-state index contributed by atoms with van der Waals surface area (Å²) in [5.41, 5.74) is 5.63. The molecule has 1 fully saturated rings. The van der Waals surface area contributed by atoms with Crippen LogP contribution in [0.15, 0.2) is 5.16 Å². The van der Waals surface area contributed by atoms with E-state index in [-0.39, 0.29) is 17.7 Å². The van der Waals surface area contributed by atoms with Gasteiger partial charge in [-0.05, 0) is 31.8 Å². The number of nitrogens with two attached hydrogens (primary N) is 1. The first-order valence-corrected chi connectivity index (χ1v) is 6.77. The molecule has 0 bridgehead atoms. The number of amides is 1. The molecule has 1 rings (SSSR count). The Labute approximate surface area is 115 Å². The number of rotatable bonds is 5. The highest BCUT2D eigenvalue weighted by Gasteiger charge is 2.31. The van der Waals surface area contributed by atoms with E-state index in [2.05, 4.69) is 17.1 Å². The van der Waals surface area contributed by atoms with E-state index >= 15 is 0 Å². The van der Waals surface area contributed by atoms with E-state index in [1.165, 1.54) is 0 Å². The molecule has 0 aromatic rings. The van der Waals surface area contributed by atoms with Crippen molar-refractivity contribution in [2.75, 3.05) is 33.7 Å². The third-order valence-corrected chi connectivity index (χ3v) is 3.76. The molecule has 1 amide bonds. The Morgan fingerprint density at radius 1 is 1.58 bits per heavy atom. The molecule has 2 atom stereocenters. The highest BCUT2D eigenvalue weighted by molar-refractivity contribution is 6.02. The average molecular weight is 270 g/mol. The molecule has 6 nitrogen and oxygen atoms in total. The summed E-state index contributed by atoms with van der Waals surface area (Å²) in [7, 11) is 3.88. The number of amidine groups is 1. The van der Waals surface area contributed by atoms with Crippen LogP contribution in [0.25, 0.3) is 0 Å². The third-order valence-electron chi connectivity index (χ3n) is 3.76. The Morgan fingerprint density at radius 3 is 2.63 bits per heavy atom. The third kappa shape index (κ3) is 4.09. The van der Waals surface area contributed by atoms with Crippen molar-refractivity contribution in [1.29, 1.82) is 0 Å². The molecule has 0 spiro atoms. The molecule has 1 aliphatic rings. The Bertz CT molecular complexity index is 344. The molecule has 110 valence electrons. The summed E-state index contributed by atoms with van der Waals surface area (Å²) >= 11 is 0. The van der Waals surface area contributed by atoms with Crippen molar-refractivity contribution in [3.8, 4) is 0 Å². The van der Waals surface area contributed by atoms with E-state index in [1.54, 1.807) is 11.9 Å². The molecular formula is C13H26N4O2. The van der Waals surface area contributed by atoms with Crippen molar-refractivity contribution >= 4 is 11.7 Å². The van der Waals surface area contributed by atoms with Crippen LogP contribution in [0.4, 0.5) is 0 Å². The highest BCUT2D eigenvalue weighted by atomic mass is 16.4. The van der Waals surface area contributed by atoms with Gasteiger partial charge >= 0.3 is 0 Å². The van der Waals surface area contributed by atoms with E-state index in [9.17, 15) is 4.79 Å². The Balaban J connectivity index is 2.63. The number of oxime groups is 1. The molecule has 2 unspecified atom stereocenters. The van der Waals surface area contributed by atoms with E-state index < -0.39 is 5.92 Å². The molecule has 3 N–H and O–H groups in total. The summed E-state index contributed by atoms with van der Waals surface area (Å²) in [6, 6.07) is 0. The monoisotopic (exact) mass is 270 g/mol. The number of carbonyl (C=O) groups is 1. The lowest BCUT2D eigenvalue weighted by molar-refractivity contribution is -0.133. The quantitative estimate of drug-likeness (QED) is 0.328. The summed E-state index contributed by atoms with van der Waals surface area (Å²) in [4.78, 5) is 16.4. The summed E-state index contributed by atoms with van der Waals surface area (Å²) in [5.74, 6) is -0.0967. The minimum absolute atomic E-state index is 0.00427. The molecule has 1 saturated heterocycles. The summed E-state index contributed by atoms with van der Waals surface area (Å²) in [5, 5.41) is 11.8. The van der Waals surface area contributed by atoms with Gasteiger partial charge in [-0.1, -0.05) is 19.0 Å². The second-order valence-corrected chi connectivity index (χ2v) is 5.88. The topological polar surface area (TPSA) is 82.2 Å². The van der Waals surface area contributed by atoms with Crippen LogP contribution in [0.1, 0.15) is 20.3 Å². The van der Waals surface area contributed by atoms with Gasteiger partial charge in [0.1, 0.15) is 5.92 Å². The van der Waals surface area contributed by atoms with Gasteiger partial charge in [-0.15, -0.1) is 0 Å². The molecule has 0 aromatic carbocycles. The van der Waals surface area contributed by atoms with Crippen LogP contribution in [0.2, 0.25) is 0 Å². The maximum absolute atomic E-state index is 12.4. The molecular weight excluding hydrogens is 244 g/mol. The zero-order chi connectivity index (χ0) is 14.6. The molecule has 19 heavy (non-hydrogen) atoms. The van der Waals surface area contributed by atoms with Gasteiger partial charge in [0.05, 0.1) is 0 Å². The zero-order valence-electron chi connectivity index (χ0n) is 12.3. The highest BCUT2D eigenvalue weighted by Crippen LogP contribution is 2.18. The fraction of sp³-hybridized carbons (Fsp3) is 0.846. The van der Waals surface area contributed by atoms with Gasteiger partial charge < -0.3 is 20.7 Å². The number of nitrogens with zero attached hydrogens (tertiary/aromatic N) is 3. The second kappa shape index (κ2) is 6.75. The number of hydrogen-bond donors (Lipinski definition) is 2. The van der Waals surface area contributed by atoms with Gasteiger partial charge in [0.15, 0.2) is 5.84 Å². The van der Waals surface area contributed by atoms with Crippen molar-refractivity contribution < 1.29 is 10.0 Å². The number of carbonyl (C=O) groups excluding carboxylic acids is 1. The molecule has 0 radical (unpaired) electrons. The number of hydrogen-bond acceptors (Lipinski definition) is 4. The van der Waals surface area contributed by atoms with Gasteiger partial charge in [-0.2, -0.15) is 0 Å². The van der Waals surface area contributed by atoms with Crippen LogP contribution < -0.4 is 5.73 Å².